The summed E-state index contributed by atoms with van der Waals surface area (Å²) in [6.45, 7) is 9.92. The molecule has 0 aliphatic carbocycles. The molecule has 7 N–H and O–H groups in total. The fraction of sp³-hybridized carbons (Fsp3) is 0.108. The van der Waals surface area contributed by atoms with Gasteiger partial charge in [-0.3, -0.25) is 33.6 Å². The predicted molar refractivity (Wildman–Crippen MR) is 577 cm³/mol. The average Bonchev–Trinajstić information content (AvgIpc) is 1.57. The summed E-state index contributed by atoms with van der Waals surface area (Å²) in [5, 5.41) is 84.4. The number of carbonyl (C=O) groups is 4. The number of carbonyl (C=O) groups excluding carboxylic acids is 3. The number of aromatic nitrogens is 1. The first-order chi connectivity index (χ1) is 68.6. The SMILES string of the molecule is Brc1cc2ccccc2c2ccccc12.CC(=O)O.CCOC(=O)CBr.CCOC(=O)c1oc2c3ccccc3c3ccccc3c2c1N.COc1c(Br)c2ccccc2c2ccccc12.COc1c(C#N)c2ccccc2c2ccccc12.COc1cc2ccccc2c2ccccc12.Cl.ClCCl.N#Cc1c(O)c2ccccc2c2ccccc12.N=CN.O=CO[O-].[2H]CF.[2H]CF.[C-]#N.[Cu+].[H-].[K+].[K+].c1ccncc1. The van der Waals surface area contributed by atoms with Crippen molar-refractivity contribution in [3.63, 3.8) is 0 Å². The van der Waals surface area contributed by atoms with E-state index in [-0.39, 0.29) is 170 Å². The van der Waals surface area contributed by atoms with E-state index in [1.54, 1.807) is 47.6 Å². The molecule has 32 heteroatoms. The number of phenolic OH excluding ortho intramolecular Hbond substituents is 1. The number of halogens is 8. The summed E-state index contributed by atoms with van der Waals surface area (Å²) in [5.41, 5.74) is 12.5. The van der Waals surface area contributed by atoms with Gasteiger partial charge in [-0.25, -0.2) is 4.79 Å². The predicted octanol–water partition coefficient (Wildman–Crippen LogP) is 22.8. The first kappa shape index (κ1) is 124. The third kappa shape index (κ3) is 34.6. The zero-order chi connectivity index (χ0) is 103. The molecule has 0 radical (unpaired) electrons. The maximum absolute atomic E-state index is 12.1. The molecule has 0 aliphatic heterocycles. The summed E-state index contributed by atoms with van der Waals surface area (Å²) in [6.07, 6.45) is 4.25. The monoisotopic (exact) mass is 2280 g/mol. The number of furan rings is 1. The van der Waals surface area contributed by atoms with Gasteiger partial charge >= 0.3 is 132 Å². The molecule has 20 aromatic rings. The minimum atomic E-state index is -1.00. The minimum absolute atomic E-state index is 0. The van der Waals surface area contributed by atoms with Crippen molar-refractivity contribution in [3.05, 3.63) is 366 Å². The van der Waals surface area contributed by atoms with Crippen LogP contribution in [0.4, 0.5) is 14.5 Å². The molecule has 0 saturated heterocycles. The van der Waals surface area contributed by atoms with E-state index in [0.717, 1.165) is 109 Å². The van der Waals surface area contributed by atoms with Gasteiger partial charge in [0.25, 0.3) is 12.4 Å². The molecule has 0 fully saturated rings. The van der Waals surface area contributed by atoms with Gasteiger partial charge in [-0.2, -0.15) is 10.5 Å². The summed E-state index contributed by atoms with van der Waals surface area (Å²) in [5.74, 6) is 1.07. The third-order valence-electron chi connectivity index (χ3n) is 20.0. The molecule has 2 heterocycles. The number of nitrogens with zero attached hydrogens (tertiary/aromatic N) is 4. The molecule has 143 heavy (non-hydrogen) atoms. The first-order valence-electron chi connectivity index (χ1n) is 43.1. The van der Waals surface area contributed by atoms with E-state index in [1.807, 2.05) is 176 Å². The largest absolute Gasteiger partial charge is 1.00 e. The molecule has 2 aromatic heterocycles. The molecule has 0 aliphatic rings. The number of pyridine rings is 1. The van der Waals surface area contributed by atoms with Crippen LogP contribution in [0.5, 0.6) is 23.0 Å². The molecule has 0 saturated carbocycles. The van der Waals surface area contributed by atoms with Crippen molar-refractivity contribution in [1.82, 2.24) is 4.98 Å². The van der Waals surface area contributed by atoms with Crippen LogP contribution in [0.25, 0.3) is 140 Å². The molecule has 21 nitrogen and oxygen atoms in total. The van der Waals surface area contributed by atoms with Crippen LogP contribution in [0.2, 0.25) is 0 Å². The second kappa shape index (κ2) is 70.3. The molecule has 0 unspecified atom stereocenters. The summed E-state index contributed by atoms with van der Waals surface area (Å²) < 4.78 is 65.0. The van der Waals surface area contributed by atoms with Crippen molar-refractivity contribution in [3.8, 4) is 35.1 Å². The maximum atomic E-state index is 12.1. The second-order valence-corrected chi connectivity index (χ2v) is 30.8. The van der Waals surface area contributed by atoms with E-state index in [4.69, 9.17) is 97.5 Å². The molecule has 0 atom stereocenters. The van der Waals surface area contributed by atoms with Gasteiger partial charge in [0.1, 0.15) is 57.2 Å². The number of methoxy groups -OCH3 is 3. The van der Waals surface area contributed by atoms with Gasteiger partial charge in [0.15, 0.2) is 0 Å². The van der Waals surface area contributed by atoms with Crippen molar-refractivity contribution in [2.75, 3.05) is 65.3 Å². The van der Waals surface area contributed by atoms with Crippen LogP contribution in [0.1, 0.15) is 46.6 Å². The number of phenols is 1. The molecule has 730 valence electrons. The van der Waals surface area contributed by atoms with E-state index < -0.39 is 26.2 Å². The topological polar surface area (TPSA) is 360 Å². The number of nitriles is 2. The van der Waals surface area contributed by atoms with Crippen LogP contribution >= 0.6 is 83.4 Å². The molecule has 0 amide bonds. The maximum Gasteiger partial charge on any atom is 1.00 e. The van der Waals surface area contributed by atoms with Crippen LogP contribution < -0.4 is 134 Å². The molecule has 18 aromatic carbocycles. The summed E-state index contributed by atoms with van der Waals surface area (Å²) in [7, 11) is 3.04. The minimum Gasteiger partial charge on any atom is -1.00 e. The Labute approximate surface area is 968 Å². The number of carboxylic acids is 1. The quantitative estimate of drug-likeness (QED) is 0.00901. The van der Waals surface area contributed by atoms with Crippen molar-refractivity contribution in [1.29, 1.82) is 21.2 Å². The first-order valence-corrected chi connectivity index (χ1v) is 45.5. The van der Waals surface area contributed by atoms with E-state index in [1.165, 1.54) is 59.2 Å². The number of benzene rings is 18. The molecule has 20 rings (SSSR count). The summed E-state index contributed by atoms with van der Waals surface area (Å²) in [4.78, 5) is 46.3. The zero-order valence-electron chi connectivity index (χ0n) is 81.7. The molecule has 0 spiro atoms. The number of rotatable bonds is 8. The fourth-order valence-corrected chi connectivity index (χ4v) is 16.2. The second-order valence-electron chi connectivity index (χ2n) is 27.7. The van der Waals surface area contributed by atoms with Gasteiger partial charge in [-0.15, -0.1) is 35.6 Å². The normalized spacial score (nSPS) is 9.61. The Balaban J connectivity index is 0.000000819. The van der Waals surface area contributed by atoms with Gasteiger partial charge < -0.3 is 73.2 Å². The molecule has 0 bridgehead atoms. The average molecular weight is 2280 g/mol. The molecular formula is C111H98Br3Cl3CuF2K2N7O14. The summed E-state index contributed by atoms with van der Waals surface area (Å²) in [6, 6.07) is 112. The number of carboxylic acid groups (broad SMARTS) is 1. The van der Waals surface area contributed by atoms with Crippen LogP contribution in [0, 0.1) is 39.9 Å². The Morgan fingerprint density at radius 2 is 0.818 bits per heavy atom. The fourth-order valence-electron chi connectivity index (χ4n) is 14.7. The van der Waals surface area contributed by atoms with Crippen LogP contribution in [0.3, 0.4) is 0 Å². The van der Waals surface area contributed by atoms with Gasteiger partial charge in [0.05, 0.1) is 78.8 Å². The number of esters is 2. The standard InChI is InChI=1S/C19H15NO3.C16H11NO.C15H11BrO.C15H9NO.C15H12O.C14H9Br.C5H5N.C4H7BrO2.C2H4O2.CH2Cl2.2CH3F.CH4N2.CN.CH2O3.ClH.Cu.2K.H/c1-2-22-19(21)18-16(20)15-13-9-5-3-7-11(13)12-8-4-6-10-14(12)17(15)23-18;1-18-16-14-9-5-4-7-12(14)11-6-2-3-8-13(11)15(16)10-17;1-17-15-13-9-5-3-7-11(13)10-6-2-4-8-12(10)14(15)16;16-9-14-12-7-2-1-5-10(12)11-6-3-4-8-13(11)15(14)17;1-16-15-10-11-6-2-3-7-12(11)13-8-4-5-9-14(13)15;15-14-9-10-5-1-2-6-11(10)12-7-3-4-8-13(12)14;1-2-4-6-5-3-1;1-2-7-4(6)3-5;1-2(3)4;2-1-3;2*1-2;2-1-3;1-2;2-1-4-3;;;;;/h3-10H,2,20H2,1H3;2-9H,1H3;2-9H,1H3;1-8,17H;2-10H,1H3;1-9H;1-5H;2-3H2,1H3;1H3,(H,3,4);1H2;2*1H3;1H,(H3,2,3);;1,3H;1H;;;;/q;;;;;;;;;;;;;-1;;;3*+1;-1/p-1/i;;;;;;;;;;2*1D;;;;;;;;. The Bertz CT molecular complexity index is 7600. The van der Waals surface area contributed by atoms with E-state index in [9.17, 15) is 28.7 Å². The van der Waals surface area contributed by atoms with E-state index in [0.29, 0.717) is 40.1 Å². The third-order valence-corrected chi connectivity index (χ3v) is 21.9. The number of hydrogen-bond acceptors (Lipinski definition) is 19. The Morgan fingerprint density at radius 3 is 1.19 bits per heavy atom. The zero-order valence-corrected chi connectivity index (χ0v) is 93.0. The number of nitrogen functional groups attached to an aromatic ring is 1. The number of anilines is 1. The van der Waals surface area contributed by atoms with E-state index >= 15 is 0 Å². The number of aromatic hydroxyl groups is 1. The van der Waals surface area contributed by atoms with Crippen LogP contribution in [-0.2, 0) is 45.8 Å². The number of aliphatic carboxylic acids is 1. The Morgan fingerprint density at radius 1 is 0.517 bits per heavy atom. The number of alkyl halides is 5. The van der Waals surface area contributed by atoms with Crippen molar-refractivity contribution in [2.24, 2.45) is 5.73 Å². The van der Waals surface area contributed by atoms with Gasteiger partial charge in [-0.05, 0) is 140 Å². The van der Waals surface area contributed by atoms with E-state index in [2.05, 4.69) is 226 Å². The van der Waals surface area contributed by atoms with Crippen LogP contribution in [-0.4, -0.2) is 105 Å². The number of fused-ring (bicyclic) bond motifs is 21. The smallest absolute Gasteiger partial charge is 1.00 e. The summed E-state index contributed by atoms with van der Waals surface area (Å²) >= 11 is 19.7. The van der Waals surface area contributed by atoms with Gasteiger partial charge in [0.2, 0.25) is 5.76 Å². The van der Waals surface area contributed by atoms with Gasteiger partial charge in [0, 0.05) is 66.9 Å². The number of ether oxygens (including phenoxy) is 5. The van der Waals surface area contributed by atoms with Gasteiger partial charge in [-0.1, -0.05) is 329 Å². The van der Waals surface area contributed by atoms with Crippen LogP contribution in [0.15, 0.2) is 347 Å². The number of nitrogens with two attached hydrogens (primary N) is 2. The number of hydrogen-bond donors (Lipinski definition) is 5. The van der Waals surface area contributed by atoms with Crippen molar-refractivity contribution < 1.29 is 200 Å². The number of nitrogens with one attached hydrogen (secondary N) is 1. The Kier molecular flexibility index (Phi) is 60.8. The van der Waals surface area contributed by atoms with Crippen molar-refractivity contribution >= 4 is 260 Å². The Hall–Kier alpha value is -11.5. The molecular weight excluding hydrogens is 2180 g/mol. The van der Waals surface area contributed by atoms with Crippen molar-refractivity contribution in [2.45, 2.75) is 20.8 Å².